The molecule has 0 saturated carbocycles. The first-order chi connectivity index (χ1) is 9.61. The van der Waals surface area contributed by atoms with E-state index in [1.54, 1.807) is 30.6 Å². The molecule has 5 nitrogen and oxygen atoms in total. The highest BCUT2D eigenvalue weighted by Gasteiger charge is 2.15. The average Bonchev–Trinajstić information content (AvgIpc) is 2.47. The maximum Gasteiger partial charge on any atom is 0.255 e. The lowest BCUT2D eigenvalue weighted by Crippen LogP contribution is -2.27. The molecule has 0 radical (unpaired) electrons. The largest absolute Gasteiger partial charge is 0.496 e. The van der Waals surface area contributed by atoms with Gasteiger partial charge in [-0.25, -0.2) is 0 Å². The van der Waals surface area contributed by atoms with Gasteiger partial charge in [-0.1, -0.05) is 0 Å². The lowest BCUT2D eigenvalue weighted by molar-refractivity contribution is 0.0937. The fourth-order valence-corrected chi connectivity index (χ4v) is 1.91. The molecule has 0 unspecified atom stereocenters. The van der Waals surface area contributed by atoms with Gasteiger partial charge in [-0.3, -0.25) is 9.78 Å². The maximum absolute atomic E-state index is 12.3. The molecule has 0 aliphatic heterocycles. The molecular formula is C15H17N3O2. The van der Waals surface area contributed by atoms with Crippen molar-refractivity contribution in [3.8, 4) is 5.75 Å². The topological polar surface area (TPSA) is 77.2 Å². The van der Waals surface area contributed by atoms with Crippen LogP contribution in [0.25, 0.3) is 0 Å². The Morgan fingerprint density at radius 1 is 1.30 bits per heavy atom. The summed E-state index contributed by atoms with van der Waals surface area (Å²) in [6, 6.07) is 8.58. The quantitative estimate of drug-likeness (QED) is 0.835. The molecule has 1 aromatic carbocycles. The number of amides is 1. The molecule has 0 aliphatic carbocycles. The molecule has 0 bridgehead atoms. The zero-order valence-corrected chi connectivity index (χ0v) is 11.5. The van der Waals surface area contributed by atoms with E-state index >= 15 is 0 Å². The van der Waals surface area contributed by atoms with Crippen LogP contribution in [-0.4, -0.2) is 18.0 Å². The third kappa shape index (κ3) is 3.06. The van der Waals surface area contributed by atoms with Crippen molar-refractivity contribution in [2.24, 2.45) is 0 Å². The summed E-state index contributed by atoms with van der Waals surface area (Å²) in [6.45, 7) is 1.91. The molecule has 1 amide bonds. The number of rotatable bonds is 4. The Bertz CT molecular complexity index is 599. The number of carbonyl (C=O) groups excluding carboxylic acids is 1. The first-order valence-corrected chi connectivity index (χ1v) is 6.26. The predicted molar refractivity (Wildman–Crippen MR) is 77.5 cm³/mol. The summed E-state index contributed by atoms with van der Waals surface area (Å²) in [4.78, 5) is 16.2. The summed E-state index contributed by atoms with van der Waals surface area (Å²) >= 11 is 0. The second-order valence-corrected chi connectivity index (χ2v) is 4.44. The number of methoxy groups -OCH3 is 1. The maximum atomic E-state index is 12.3. The van der Waals surface area contributed by atoms with Gasteiger partial charge in [0.25, 0.3) is 5.91 Å². The summed E-state index contributed by atoms with van der Waals surface area (Å²) in [5.41, 5.74) is 7.68. The number of hydrogen-bond donors (Lipinski definition) is 2. The molecule has 2 aromatic rings. The standard InChI is InChI=1S/C15H17N3O2/c1-10(11-5-7-17-8-6-11)18-15(19)13-4-3-12(16)9-14(13)20-2/h3-10H,16H2,1-2H3,(H,18,19)/t10-/m0/s1. The van der Waals surface area contributed by atoms with Crippen LogP contribution in [0.3, 0.4) is 0 Å². The Morgan fingerprint density at radius 2 is 2.00 bits per heavy atom. The Labute approximate surface area is 117 Å². The van der Waals surface area contributed by atoms with Crippen LogP contribution in [0, 0.1) is 0 Å². The number of carbonyl (C=O) groups is 1. The Kier molecular flexibility index (Phi) is 4.20. The lowest BCUT2D eigenvalue weighted by Gasteiger charge is -2.15. The summed E-state index contributed by atoms with van der Waals surface area (Å²) < 4.78 is 5.18. The fourth-order valence-electron chi connectivity index (χ4n) is 1.91. The van der Waals surface area contributed by atoms with E-state index in [1.165, 1.54) is 7.11 Å². The van der Waals surface area contributed by atoms with E-state index in [2.05, 4.69) is 10.3 Å². The van der Waals surface area contributed by atoms with E-state index in [0.29, 0.717) is 17.0 Å². The van der Waals surface area contributed by atoms with Gasteiger partial charge in [0.05, 0.1) is 18.7 Å². The number of nitrogen functional groups attached to an aromatic ring is 1. The molecule has 0 fully saturated rings. The number of nitrogens with one attached hydrogen (secondary N) is 1. The summed E-state index contributed by atoms with van der Waals surface area (Å²) in [7, 11) is 1.51. The summed E-state index contributed by atoms with van der Waals surface area (Å²) in [6.07, 6.45) is 3.39. The van der Waals surface area contributed by atoms with Crippen molar-refractivity contribution in [2.75, 3.05) is 12.8 Å². The molecule has 104 valence electrons. The predicted octanol–water partition coefficient (Wildman–Crippen LogP) is 2.16. The zero-order valence-electron chi connectivity index (χ0n) is 11.5. The molecule has 2 rings (SSSR count). The van der Waals surface area contributed by atoms with Crippen LogP contribution < -0.4 is 15.8 Å². The molecule has 1 heterocycles. The highest BCUT2D eigenvalue weighted by Crippen LogP contribution is 2.22. The Hall–Kier alpha value is -2.56. The highest BCUT2D eigenvalue weighted by molar-refractivity contribution is 5.97. The van der Waals surface area contributed by atoms with Crippen LogP contribution in [0.5, 0.6) is 5.75 Å². The van der Waals surface area contributed by atoms with Crippen molar-refractivity contribution in [3.63, 3.8) is 0 Å². The van der Waals surface area contributed by atoms with E-state index in [1.807, 2.05) is 19.1 Å². The normalized spacial score (nSPS) is 11.7. The van der Waals surface area contributed by atoms with Gasteiger partial charge >= 0.3 is 0 Å². The number of hydrogen-bond acceptors (Lipinski definition) is 4. The van der Waals surface area contributed by atoms with E-state index in [0.717, 1.165) is 5.56 Å². The van der Waals surface area contributed by atoms with Crippen molar-refractivity contribution >= 4 is 11.6 Å². The number of nitrogens with zero attached hydrogens (tertiary/aromatic N) is 1. The van der Waals surface area contributed by atoms with Gasteiger partial charge in [0.1, 0.15) is 5.75 Å². The molecule has 1 aromatic heterocycles. The van der Waals surface area contributed by atoms with Gasteiger partial charge < -0.3 is 15.8 Å². The van der Waals surface area contributed by atoms with Crippen LogP contribution >= 0.6 is 0 Å². The van der Waals surface area contributed by atoms with Gasteiger partial charge in [0.15, 0.2) is 0 Å². The minimum Gasteiger partial charge on any atom is -0.496 e. The first-order valence-electron chi connectivity index (χ1n) is 6.26. The van der Waals surface area contributed by atoms with Crippen molar-refractivity contribution < 1.29 is 9.53 Å². The average molecular weight is 271 g/mol. The molecule has 0 saturated heterocycles. The molecule has 1 atom stereocenters. The zero-order chi connectivity index (χ0) is 14.5. The second kappa shape index (κ2) is 6.06. The third-order valence-corrected chi connectivity index (χ3v) is 3.02. The van der Waals surface area contributed by atoms with Crippen molar-refractivity contribution in [1.29, 1.82) is 0 Å². The Morgan fingerprint density at radius 3 is 2.65 bits per heavy atom. The SMILES string of the molecule is COc1cc(N)ccc1C(=O)N[C@@H](C)c1ccncc1. The first kappa shape index (κ1) is 13.9. The third-order valence-electron chi connectivity index (χ3n) is 3.02. The number of anilines is 1. The molecule has 0 spiro atoms. The lowest BCUT2D eigenvalue weighted by atomic mass is 10.1. The second-order valence-electron chi connectivity index (χ2n) is 4.44. The summed E-state index contributed by atoms with van der Waals surface area (Å²) in [5, 5.41) is 2.92. The van der Waals surface area contributed by atoms with Gasteiger partial charge in [-0.2, -0.15) is 0 Å². The fraction of sp³-hybridized carbons (Fsp3) is 0.200. The number of benzene rings is 1. The summed E-state index contributed by atoms with van der Waals surface area (Å²) in [5.74, 6) is 0.260. The highest BCUT2D eigenvalue weighted by atomic mass is 16.5. The minimum atomic E-state index is -0.203. The van der Waals surface area contributed by atoms with Crippen LogP contribution in [-0.2, 0) is 0 Å². The van der Waals surface area contributed by atoms with Crippen LogP contribution in [0.1, 0.15) is 28.9 Å². The van der Waals surface area contributed by atoms with E-state index in [9.17, 15) is 4.79 Å². The van der Waals surface area contributed by atoms with E-state index in [-0.39, 0.29) is 11.9 Å². The van der Waals surface area contributed by atoms with Gasteiger partial charge in [0, 0.05) is 24.1 Å². The van der Waals surface area contributed by atoms with Gasteiger partial charge in [-0.05, 0) is 36.8 Å². The van der Waals surface area contributed by atoms with Crippen molar-refractivity contribution in [3.05, 3.63) is 53.9 Å². The van der Waals surface area contributed by atoms with Crippen molar-refractivity contribution in [1.82, 2.24) is 10.3 Å². The number of pyridine rings is 1. The monoisotopic (exact) mass is 271 g/mol. The van der Waals surface area contributed by atoms with E-state index in [4.69, 9.17) is 10.5 Å². The molecule has 20 heavy (non-hydrogen) atoms. The van der Waals surface area contributed by atoms with Crippen LogP contribution in [0.4, 0.5) is 5.69 Å². The van der Waals surface area contributed by atoms with E-state index < -0.39 is 0 Å². The number of nitrogens with two attached hydrogens (primary N) is 1. The Balaban J connectivity index is 2.16. The minimum absolute atomic E-state index is 0.118. The van der Waals surface area contributed by atoms with Gasteiger partial charge in [-0.15, -0.1) is 0 Å². The number of ether oxygens (including phenoxy) is 1. The number of aromatic nitrogens is 1. The molecular weight excluding hydrogens is 254 g/mol. The molecule has 5 heteroatoms. The van der Waals surface area contributed by atoms with Crippen LogP contribution in [0.2, 0.25) is 0 Å². The molecule has 0 aliphatic rings. The smallest absolute Gasteiger partial charge is 0.255 e. The van der Waals surface area contributed by atoms with Crippen LogP contribution in [0.15, 0.2) is 42.7 Å². The van der Waals surface area contributed by atoms with Gasteiger partial charge in [0.2, 0.25) is 0 Å². The van der Waals surface area contributed by atoms with Crippen molar-refractivity contribution in [2.45, 2.75) is 13.0 Å². The molecule has 3 N–H and O–H groups in total.